The highest BCUT2D eigenvalue weighted by molar-refractivity contribution is 5.73. The Bertz CT molecular complexity index is 586. The van der Waals surface area contributed by atoms with Crippen molar-refractivity contribution < 1.29 is 24.3 Å². The summed E-state index contributed by atoms with van der Waals surface area (Å²) in [6.07, 6.45) is 0.406. The number of nitrogens with zero attached hydrogens (tertiary/aromatic N) is 1. The minimum atomic E-state index is -0.878. The van der Waals surface area contributed by atoms with Gasteiger partial charge in [-0.15, -0.1) is 0 Å². The van der Waals surface area contributed by atoms with Crippen LogP contribution in [0.15, 0.2) is 12.1 Å². The summed E-state index contributed by atoms with van der Waals surface area (Å²) in [6.45, 7) is 3.92. The van der Waals surface area contributed by atoms with Crippen LogP contribution in [0.1, 0.15) is 25.8 Å². The Labute approximate surface area is 134 Å². The first-order valence-electron chi connectivity index (χ1n) is 7.06. The molecule has 0 unspecified atom stereocenters. The molecule has 0 radical (unpaired) electrons. The van der Waals surface area contributed by atoms with E-state index >= 15 is 0 Å². The van der Waals surface area contributed by atoms with E-state index in [0.717, 1.165) is 0 Å². The normalized spacial score (nSPS) is 11.1. The van der Waals surface area contributed by atoms with Crippen LogP contribution in [0.25, 0.3) is 0 Å². The summed E-state index contributed by atoms with van der Waals surface area (Å²) in [6, 6.07) is 2.86. The quantitative estimate of drug-likeness (QED) is 0.406. The highest BCUT2D eigenvalue weighted by Gasteiger charge is 2.26. The maximum absolute atomic E-state index is 11.2. The number of nitrogens with one attached hydrogen (secondary N) is 1. The first-order valence-corrected chi connectivity index (χ1v) is 7.06. The highest BCUT2D eigenvalue weighted by Crippen LogP contribution is 2.34. The summed E-state index contributed by atoms with van der Waals surface area (Å²) in [5.74, 6) is -0.188. The second-order valence-electron chi connectivity index (χ2n) is 5.71. The minimum absolute atomic E-state index is 0.0763. The standard InChI is InChI=1S/C15H22N2O6/c1-15(2,14(18)19)5-6-16-9-10-7-12(22-3)13(23-4)8-11(10)17(20)21/h7-8,16H,5-6,9H2,1-4H3,(H,18,19). The zero-order chi connectivity index (χ0) is 17.6. The molecule has 23 heavy (non-hydrogen) atoms. The van der Waals surface area contributed by atoms with Gasteiger partial charge in [-0.1, -0.05) is 0 Å². The van der Waals surface area contributed by atoms with E-state index in [4.69, 9.17) is 14.6 Å². The van der Waals surface area contributed by atoms with Gasteiger partial charge in [0.15, 0.2) is 11.5 Å². The average molecular weight is 326 g/mol. The van der Waals surface area contributed by atoms with E-state index in [0.29, 0.717) is 24.3 Å². The Morgan fingerprint density at radius 3 is 2.35 bits per heavy atom. The number of nitro benzene ring substituents is 1. The molecule has 0 aromatic heterocycles. The van der Waals surface area contributed by atoms with Crippen molar-refractivity contribution in [1.82, 2.24) is 5.32 Å². The molecule has 1 aromatic carbocycles. The average Bonchev–Trinajstić information content (AvgIpc) is 2.50. The predicted octanol–water partition coefficient (Wildman–Crippen LogP) is 2.20. The van der Waals surface area contributed by atoms with Gasteiger partial charge in [0.2, 0.25) is 0 Å². The van der Waals surface area contributed by atoms with Crippen LogP contribution < -0.4 is 14.8 Å². The van der Waals surface area contributed by atoms with Gasteiger partial charge in [-0.25, -0.2) is 0 Å². The van der Waals surface area contributed by atoms with Crippen LogP contribution >= 0.6 is 0 Å². The molecule has 1 rings (SSSR count). The molecule has 1 aromatic rings. The molecule has 0 aliphatic carbocycles. The van der Waals surface area contributed by atoms with E-state index in [1.54, 1.807) is 19.9 Å². The van der Waals surface area contributed by atoms with Gasteiger partial charge >= 0.3 is 5.97 Å². The van der Waals surface area contributed by atoms with Crippen molar-refractivity contribution in [2.24, 2.45) is 5.41 Å². The number of aliphatic carboxylic acids is 1. The smallest absolute Gasteiger partial charge is 0.309 e. The lowest BCUT2D eigenvalue weighted by Gasteiger charge is -2.19. The summed E-state index contributed by atoms with van der Waals surface area (Å²) >= 11 is 0. The van der Waals surface area contributed by atoms with Gasteiger partial charge in [0, 0.05) is 12.1 Å². The van der Waals surface area contributed by atoms with E-state index in [2.05, 4.69) is 5.32 Å². The number of ether oxygens (including phenoxy) is 2. The summed E-state index contributed by atoms with van der Waals surface area (Å²) < 4.78 is 10.2. The summed E-state index contributed by atoms with van der Waals surface area (Å²) in [7, 11) is 2.86. The number of carbonyl (C=O) groups is 1. The van der Waals surface area contributed by atoms with Crippen molar-refractivity contribution in [2.45, 2.75) is 26.8 Å². The molecule has 2 N–H and O–H groups in total. The summed E-state index contributed by atoms with van der Waals surface area (Å²) in [5, 5.41) is 23.3. The molecule has 8 nitrogen and oxygen atoms in total. The van der Waals surface area contributed by atoms with E-state index in [9.17, 15) is 14.9 Å². The van der Waals surface area contributed by atoms with Crippen molar-refractivity contribution in [1.29, 1.82) is 0 Å². The zero-order valence-corrected chi connectivity index (χ0v) is 13.7. The van der Waals surface area contributed by atoms with Gasteiger partial charge in [0.1, 0.15) is 0 Å². The fraction of sp³-hybridized carbons (Fsp3) is 0.533. The van der Waals surface area contributed by atoms with Crippen LogP contribution in [0.3, 0.4) is 0 Å². The van der Waals surface area contributed by atoms with Crippen LogP contribution in [0.5, 0.6) is 11.5 Å². The number of hydrogen-bond acceptors (Lipinski definition) is 6. The SMILES string of the molecule is COc1cc(CNCCC(C)(C)C(=O)O)c([N+](=O)[O-])cc1OC. The second kappa shape index (κ2) is 7.77. The Hall–Kier alpha value is -2.35. The largest absolute Gasteiger partial charge is 0.493 e. The van der Waals surface area contributed by atoms with E-state index in [1.165, 1.54) is 20.3 Å². The molecule has 0 aliphatic heterocycles. The summed E-state index contributed by atoms with van der Waals surface area (Å²) in [5.41, 5.74) is -0.482. The Morgan fingerprint density at radius 2 is 1.87 bits per heavy atom. The van der Waals surface area contributed by atoms with Gasteiger partial charge in [-0.3, -0.25) is 14.9 Å². The zero-order valence-electron chi connectivity index (χ0n) is 13.7. The summed E-state index contributed by atoms with van der Waals surface area (Å²) in [4.78, 5) is 21.7. The fourth-order valence-corrected chi connectivity index (χ4v) is 1.95. The lowest BCUT2D eigenvalue weighted by Crippen LogP contribution is -2.29. The monoisotopic (exact) mass is 326 g/mol. The third-order valence-corrected chi connectivity index (χ3v) is 3.60. The number of methoxy groups -OCH3 is 2. The van der Waals surface area contributed by atoms with E-state index in [-0.39, 0.29) is 18.0 Å². The maximum Gasteiger partial charge on any atom is 0.309 e. The lowest BCUT2D eigenvalue weighted by molar-refractivity contribution is -0.385. The molecule has 0 aliphatic rings. The molecule has 0 saturated heterocycles. The number of carboxylic acids is 1. The van der Waals surface area contributed by atoms with Crippen LogP contribution in [0.4, 0.5) is 5.69 Å². The molecule has 0 heterocycles. The minimum Gasteiger partial charge on any atom is -0.493 e. The molecule has 0 saturated carbocycles. The highest BCUT2D eigenvalue weighted by atomic mass is 16.6. The molecule has 0 spiro atoms. The van der Waals surface area contributed by atoms with Crippen molar-refractivity contribution >= 4 is 11.7 Å². The van der Waals surface area contributed by atoms with Crippen molar-refractivity contribution in [3.05, 3.63) is 27.8 Å². The fourth-order valence-electron chi connectivity index (χ4n) is 1.95. The molecular formula is C15H22N2O6. The first kappa shape index (κ1) is 18.7. The first-order chi connectivity index (χ1) is 10.7. The van der Waals surface area contributed by atoms with Crippen molar-refractivity contribution in [3.63, 3.8) is 0 Å². The molecule has 0 fully saturated rings. The molecule has 8 heteroatoms. The predicted molar refractivity (Wildman–Crippen MR) is 83.9 cm³/mol. The second-order valence-corrected chi connectivity index (χ2v) is 5.71. The van der Waals surface area contributed by atoms with Gasteiger partial charge < -0.3 is 19.9 Å². The molecular weight excluding hydrogens is 304 g/mol. The Morgan fingerprint density at radius 1 is 1.30 bits per heavy atom. The van der Waals surface area contributed by atoms with Crippen LogP contribution in [-0.4, -0.2) is 36.8 Å². The number of nitro groups is 1. The Kier molecular flexibility index (Phi) is 6.32. The van der Waals surface area contributed by atoms with E-state index in [1.807, 2.05) is 0 Å². The lowest BCUT2D eigenvalue weighted by atomic mass is 9.90. The third kappa shape index (κ3) is 4.82. The number of benzene rings is 1. The molecule has 0 amide bonds. The van der Waals surface area contributed by atoms with Gasteiger partial charge in [0.05, 0.1) is 30.6 Å². The van der Waals surface area contributed by atoms with E-state index < -0.39 is 16.3 Å². The van der Waals surface area contributed by atoms with Gasteiger partial charge in [0.25, 0.3) is 5.69 Å². The maximum atomic E-state index is 11.2. The van der Waals surface area contributed by atoms with Crippen LogP contribution in [0.2, 0.25) is 0 Å². The topological polar surface area (TPSA) is 111 Å². The molecule has 0 bridgehead atoms. The number of rotatable bonds is 9. The van der Waals surface area contributed by atoms with Gasteiger partial charge in [-0.2, -0.15) is 0 Å². The van der Waals surface area contributed by atoms with Crippen molar-refractivity contribution in [3.8, 4) is 11.5 Å². The van der Waals surface area contributed by atoms with Crippen LogP contribution in [0, 0.1) is 15.5 Å². The number of hydrogen-bond donors (Lipinski definition) is 2. The van der Waals surface area contributed by atoms with Crippen LogP contribution in [-0.2, 0) is 11.3 Å². The van der Waals surface area contributed by atoms with Crippen molar-refractivity contribution in [2.75, 3.05) is 20.8 Å². The number of carboxylic acid groups (broad SMARTS) is 1. The molecule has 0 atom stereocenters. The Balaban J connectivity index is 2.83. The molecule has 128 valence electrons. The third-order valence-electron chi connectivity index (χ3n) is 3.60. The van der Waals surface area contributed by atoms with Gasteiger partial charge in [-0.05, 0) is 32.9 Å².